The smallest absolute Gasteiger partial charge is 0.137 e. The van der Waals surface area contributed by atoms with E-state index in [4.69, 9.17) is 18.0 Å². The number of hydrogen-bond acceptors (Lipinski definition) is 3. The van der Waals surface area contributed by atoms with Gasteiger partial charge in [-0.25, -0.2) is 4.39 Å². The number of nitrogens with zero attached hydrogens (tertiary/aromatic N) is 3. The highest BCUT2D eigenvalue weighted by molar-refractivity contribution is 7.80. The number of aromatic nitrogens is 2. The van der Waals surface area contributed by atoms with E-state index in [0.717, 1.165) is 22.6 Å². The van der Waals surface area contributed by atoms with Crippen molar-refractivity contribution in [3.63, 3.8) is 0 Å². The van der Waals surface area contributed by atoms with Crippen LogP contribution in [-0.4, -0.2) is 21.8 Å². The average Bonchev–Trinajstić information content (AvgIpc) is 2.67. The van der Waals surface area contributed by atoms with Gasteiger partial charge in [0.05, 0.1) is 11.3 Å². The summed E-state index contributed by atoms with van der Waals surface area (Å²) in [6, 6.07) is 6.42. The van der Waals surface area contributed by atoms with E-state index in [-0.39, 0.29) is 5.82 Å². The number of benzene rings is 1. The summed E-state index contributed by atoms with van der Waals surface area (Å²) in [6.07, 6.45) is 0. The van der Waals surface area contributed by atoms with Gasteiger partial charge in [0, 0.05) is 20.6 Å². The number of nitrogens with two attached hydrogens (primary N) is 1. The standard InChI is InChI=1S/C14H17FN4S/c1-9-12(13(16)20)14(19(3)17-9)18(2)8-10-4-6-11(15)7-5-10/h4-7H,8H2,1-3H3,(H2,16,20). The van der Waals surface area contributed by atoms with Crippen LogP contribution in [0.4, 0.5) is 10.2 Å². The number of halogens is 1. The zero-order chi connectivity index (χ0) is 14.9. The van der Waals surface area contributed by atoms with Crippen molar-refractivity contribution in [1.29, 1.82) is 0 Å². The van der Waals surface area contributed by atoms with Gasteiger partial charge in [0.25, 0.3) is 0 Å². The summed E-state index contributed by atoms with van der Waals surface area (Å²) in [6.45, 7) is 2.50. The minimum absolute atomic E-state index is 0.239. The lowest BCUT2D eigenvalue weighted by molar-refractivity contribution is 0.626. The molecule has 0 radical (unpaired) electrons. The first-order valence-corrected chi connectivity index (χ1v) is 6.60. The molecule has 0 aliphatic heterocycles. The maximum atomic E-state index is 12.9. The van der Waals surface area contributed by atoms with E-state index in [1.807, 2.05) is 25.9 Å². The summed E-state index contributed by atoms with van der Waals surface area (Å²) >= 11 is 5.10. The number of anilines is 1. The van der Waals surface area contributed by atoms with Gasteiger partial charge in [0.1, 0.15) is 16.6 Å². The molecule has 6 heteroatoms. The highest BCUT2D eigenvalue weighted by Crippen LogP contribution is 2.23. The Bertz CT molecular complexity index is 633. The summed E-state index contributed by atoms with van der Waals surface area (Å²) in [5.41, 5.74) is 8.37. The van der Waals surface area contributed by atoms with Crippen LogP contribution in [-0.2, 0) is 13.6 Å². The molecule has 0 spiro atoms. The lowest BCUT2D eigenvalue weighted by Gasteiger charge is -2.21. The first kappa shape index (κ1) is 14.5. The van der Waals surface area contributed by atoms with E-state index in [2.05, 4.69) is 5.10 Å². The summed E-state index contributed by atoms with van der Waals surface area (Å²) < 4.78 is 14.7. The summed E-state index contributed by atoms with van der Waals surface area (Å²) in [7, 11) is 3.78. The van der Waals surface area contributed by atoms with Gasteiger partial charge < -0.3 is 10.6 Å². The van der Waals surface area contributed by atoms with E-state index < -0.39 is 0 Å². The molecular weight excluding hydrogens is 275 g/mol. The van der Waals surface area contributed by atoms with Crippen LogP contribution >= 0.6 is 12.2 Å². The molecule has 0 atom stereocenters. The fourth-order valence-electron chi connectivity index (χ4n) is 2.31. The number of hydrogen-bond donors (Lipinski definition) is 1. The number of thiocarbonyl (C=S) groups is 1. The van der Waals surface area contributed by atoms with Gasteiger partial charge in [-0.1, -0.05) is 24.4 Å². The normalized spacial score (nSPS) is 10.6. The van der Waals surface area contributed by atoms with Crippen molar-refractivity contribution in [1.82, 2.24) is 9.78 Å². The van der Waals surface area contributed by atoms with Crippen LogP contribution in [0.25, 0.3) is 0 Å². The topological polar surface area (TPSA) is 47.1 Å². The fourth-order valence-corrected chi connectivity index (χ4v) is 2.55. The lowest BCUT2D eigenvalue weighted by Crippen LogP contribution is -2.23. The quantitative estimate of drug-likeness (QED) is 0.877. The third-order valence-electron chi connectivity index (χ3n) is 3.13. The third kappa shape index (κ3) is 2.80. The molecule has 0 unspecified atom stereocenters. The molecule has 0 bridgehead atoms. The molecule has 1 aromatic heterocycles. The minimum atomic E-state index is -0.239. The first-order valence-electron chi connectivity index (χ1n) is 6.19. The minimum Gasteiger partial charge on any atom is -0.389 e. The zero-order valence-corrected chi connectivity index (χ0v) is 12.5. The second-order valence-electron chi connectivity index (χ2n) is 4.75. The Balaban J connectivity index is 2.31. The van der Waals surface area contributed by atoms with Crippen LogP contribution in [0.15, 0.2) is 24.3 Å². The molecule has 0 saturated carbocycles. The molecule has 2 N–H and O–H groups in total. The fraction of sp³-hybridized carbons (Fsp3) is 0.286. The van der Waals surface area contributed by atoms with Crippen molar-refractivity contribution in [2.75, 3.05) is 11.9 Å². The van der Waals surface area contributed by atoms with Crippen LogP contribution in [0.2, 0.25) is 0 Å². The second kappa shape index (κ2) is 5.58. The Kier molecular flexibility index (Phi) is 4.04. The Morgan fingerprint density at radius 3 is 2.55 bits per heavy atom. The molecule has 1 aromatic carbocycles. The van der Waals surface area contributed by atoms with Crippen molar-refractivity contribution in [2.24, 2.45) is 12.8 Å². The van der Waals surface area contributed by atoms with Crippen molar-refractivity contribution < 1.29 is 4.39 Å². The number of aryl methyl sites for hydroxylation is 2. The molecule has 0 saturated heterocycles. The summed E-state index contributed by atoms with van der Waals surface area (Å²) in [5.74, 6) is 0.621. The van der Waals surface area contributed by atoms with Gasteiger partial charge in [0.2, 0.25) is 0 Å². The second-order valence-corrected chi connectivity index (χ2v) is 5.19. The van der Waals surface area contributed by atoms with Crippen LogP contribution in [0.1, 0.15) is 16.8 Å². The van der Waals surface area contributed by atoms with Gasteiger partial charge in [-0.15, -0.1) is 0 Å². The van der Waals surface area contributed by atoms with Gasteiger partial charge in [-0.2, -0.15) is 5.10 Å². The molecular formula is C14H17FN4S. The van der Waals surface area contributed by atoms with Gasteiger partial charge in [0.15, 0.2) is 0 Å². The maximum Gasteiger partial charge on any atom is 0.137 e. The molecule has 2 aromatic rings. The third-order valence-corrected chi connectivity index (χ3v) is 3.34. The highest BCUT2D eigenvalue weighted by Gasteiger charge is 2.19. The van der Waals surface area contributed by atoms with E-state index in [1.165, 1.54) is 12.1 Å². The van der Waals surface area contributed by atoms with Gasteiger partial charge in [-0.05, 0) is 24.6 Å². The molecule has 0 aliphatic rings. The SMILES string of the molecule is Cc1nn(C)c(N(C)Cc2ccc(F)cc2)c1C(N)=S. The summed E-state index contributed by atoms with van der Waals surface area (Å²) in [5, 5.41) is 4.36. The van der Waals surface area contributed by atoms with Crippen molar-refractivity contribution in [3.05, 3.63) is 46.9 Å². The Morgan fingerprint density at radius 2 is 2.00 bits per heavy atom. The van der Waals surface area contributed by atoms with E-state index in [0.29, 0.717) is 11.5 Å². The Hall–Kier alpha value is -1.95. The molecule has 106 valence electrons. The van der Waals surface area contributed by atoms with E-state index in [1.54, 1.807) is 16.8 Å². The monoisotopic (exact) mass is 292 g/mol. The molecule has 1 heterocycles. The molecule has 4 nitrogen and oxygen atoms in total. The summed E-state index contributed by atoms with van der Waals surface area (Å²) in [4.78, 5) is 2.33. The van der Waals surface area contributed by atoms with Crippen LogP contribution in [0.5, 0.6) is 0 Å². The van der Waals surface area contributed by atoms with E-state index >= 15 is 0 Å². The van der Waals surface area contributed by atoms with Gasteiger partial charge >= 0.3 is 0 Å². The Morgan fingerprint density at radius 1 is 1.40 bits per heavy atom. The molecule has 20 heavy (non-hydrogen) atoms. The Labute approximate surface area is 123 Å². The highest BCUT2D eigenvalue weighted by atomic mass is 32.1. The zero-order valence-electron chi connectivity index (χ0n) is 11.7. The predicted molar refractivity (Wildman–Crippen MR) is 82.3 cm³/mol. The van der Waals surface area contributed by atoms with Crippen LogP contribution in [0, 0.1) is 12.7 Å². The molecule has 0 fully saturated rings. The largest absolute Gasteiger partial charge is 0.389 e. The van der Waals surface area contributed by atoms with Crippen molar-refractivity contribution in [2.45, 2.75) is 13.5 Å². The molecule has 0 aliphatic carbocycles. The molecule has 0 amide bonds. The van der Waals surface area contributed by atoms with Gasteiger partial charge in [-0.3, -0.25) is 4.68 Å². The average molecular weight is 292 g/mol. The number of rotatable bonds is 4. The first-order chi connectivity index (χ1) is 9.40. The van der Waals surface area contributed by atoms with Crippen LogP contribution < -0.4 is 10.6 Å². The van der Waals surface area contributed by atoms with Crippen LogP contribution in [0.3, 0.4) is 0 Å². The van der Waals surface area contributed by atoms with Crippen molar-refractivity contribution >= 4 is 23.0 Å². The maximum absolute atomic E-state index is 12.9. The predicted octanol–water partition coefficient (Wildman–Crippen LogP) is 2.14. The van der Waals surface area contributed by atoms with Crippen molar-refractivity contribution in [3.8, 4) is 0 Å². The molecule has 2 rings (SSSR count). The van der Waals surface area contributed by atoms with E-state index in [9.17, 15) is 4.39 Å². The lowest BCUT2D eigenvalue weighted by atomic mass is 10.2.